The van der Waals surface area contributed by atoms with Gasteiger partial charge in [-0.3, -0.25) is 9.59 Å². The highest BCUT2D eigenvalue weighted by molar-refractivity contribution is 5.97. The molecule has 284 valence electrons. The van der Waals surface area contributed by atoms with Crippen molar-refractivity contribution in [2.45, 2.75) is 70.2 Å². The molecule has 2 atom stereocenters. The molecular weight excluding hydrogens is 672 g/mol. The summed E-state index contributed by atoms with van der Waals surface area (Å²) in [7, 11) is 6.27. The summed E-state index contributed by atoms with van der Waals surface area (Å²) in [5.41, 5.74) is -1.20. The van der Waals surface area contributed by atoms with Gasteiger partial charge in [-0.2, -0.15) is 0 Å². The van der Waals surface area contributed by atoms with Crippen LogP contribution in [-0.4, -0.2) is 62.6 Å². The van der Waals surface area contributed by atoms with Gasteiger partial charge in [0.2, 0.25) is 11.8 Å². The van der Waals surface area contributed by atoms with Crippen LogP contribution in [0.3, 0.4) is 0 Å². The van der Waals surface area contributed by atoms with E-state index in [1.165, 1.54) is 0 Å². The Morgan fingerprint density at radius 3 is 0.906 bits per heavy atom. The molecule has 10 nitrogen and oxygen atoms in total. The number of carbonyl (C=O) groups excluding carboxylic acids is 2. The molecule has 0 saturated carbocycles. The number of ether oxygens (including phenoxy) is 4. The second-order valence-electron chi connectivity index (χ2n) is 14.1. The van der Waals surface area contributed by atoms with E-state index >= 15 is 0 Å². The van der Waals surface area contributed by atoms with Crippen molar-refractivity contribution in [2.75, 3.05) is 28.4 Å². The minimum atomic E-state index is -1.68. The van der Waals surface area contributed by atoms with E-state index in [1.54, 1.807) is 126 Å². The molecule has 53 heavy (non-hydrogen) atoms. The molecule has 0 saturated heterocycles. The molecule has 0 bridgehead atoms. The fraction of sp³-hybridized carbons (Fsp3) is 0.395. The molecule has 2 amide bonds. The zero-order chi connectivity index (χ0) is 38.8. The lowest BCUT2D eigenvalue weighted by molar-refractivity contribution is -0.132. The number of hydrogen-bond acceptors (Lipinski definition) is 8. The van der Waals surface area contributed by atoms with E-state index in [1.807, 2.05) is 27.7 Å². The van der Waals surface area contributed by atoms with E-state index in [-0.39, 0.29) is 11.8 Å². The summed E-state index contributed by atoms with van der Waals surface area (Å²) in [6.45, 7) is 8.02. The first-order valence-electron chi connectivity index (χ1n) is 17.9. The lowest BCUT2D eigenvalue weighted by Gasteiger charge is -2.39. The number of hydrogen-bond donors (Lipinski definition) is 4. The van der Waals surface area contributed by atoms with Gasteiger partial charge in [-0.15, -0.1) is 0 Å². The van der Waals surface area contributed by atoms with Crippen LogP contribution in [0.15, 0.2) is 97.1 Å². The number of rotatable bonds is 18. The first-order chi connectivity index (χ1) is 25.3. The third-order valence-electron chi connectivity index (χ3n) is 9.53. The molecule has 2 unspecified atom stereocenters. The first-order valence-corrected chi connectivity index (χ1v) is 17.9. The second-order valence-corrected chi connectivity index (χ2v) is 14.1. The number of nitrogens with one attached hydrogen (secondary N) is 2. The maximum absolute atomic E-state index is 13.9. The van der Waals surface area contributed by atoms with Crippen LogP contribution in [0.5, 0.6) is 23.0 Å². The van der Waals surface area contributed by atoms with E-state index in [0.29, 0.717) is 58.1 Å². The highest BCUT2D eigenvalue weighted by Gasteiger charge is 2.44. The van der Waals surface area contributed by atoms with Gasteiger partial charge in [0.15, 0.2) is 0 Å². The number of aliphatic hydroxyl groups is 2. The zero-order valence-electron chi connectivity index (χ0n) is 32.0. The Kier molecular flexibility index (Phi) is 13.9. The van der Waals surface area contributed by atoms with Crippen molar-refractivity contribution in [3.05, 3.63) is 119 Å². The molecule has 4 aromatic carbocycles. The predicted molar refractivity (Wildman–Crippen MR) is 205 cm³/mol. The molecule has 0 aliphatic carbocycles. The van der Waals surface area contributed by atoms with Crippen LogP contribution >= 0.6 is 0 Å². The van der Waals surface area contributed by atoms with Gasteiger partial charge in [0, 0.05) is 0 Å². The number of benzene rings is 4. The molecule has 0 aromatic heterocycles. The molecule has 0 spiro atoms. The molecule has 4 N–H and O–H groups in total. The highest BCUT2D eigenvalue weighted by atomic mass is 16.5. The topological polar surface area (TPSA) is 136 Å². The molecule has 0 radical (unpaired) electrons. The molecule has 0 fully saturated rings. The van der Waals surface area contributed by atoms with Crippen LogP contribution in [-0.2, 0) is 20.8 Å². The number of methoxy groups -OCH3 is 4. The smallest absolute Gasteiger partial charge is 0.229 e. The molecule has 0 heterocycles. The van der Waals surface area contributed by atoms with Gasteiger partial charge in [0.25, 0.3) is 0 Å². The third-order valence-corrected chi connectivity index (χ3v) is 9.53. The summed E-state index contributed by atoms with van der Waals surface area (Å²) in [6.07, 6.45) is 0.255. The van der Waals surface area contributed by atoms with Gasteiger partial charge >= 0.3 is 0 Å². The van der Waals surface area contributed by atoms with Crippen molar-refractivity contribution in [1.82, 2.24) is 10.6 Å². The average Bonchev–Trinajstić information content (AvgIpc) is 3.16. The minimum absolute atomic E-state index is 0.0663. The van der Waals surface area contributed by atoms with E-state index in [0.717, 1.165) is 0 Å². The SMILES string of the molecule is COc1ccc(C(O)(c2ccc(OC)cc2)C(CC(C)C)NC(=O)CC(=O)NC(CC(C)C)C(O)(c2ccc(OC)cc2)c2ccc(OC)cc2)cc1. The molecule has 0 aliphatic rings. The summed E-state index contributed by atoms with van der Waals surface area (Å²) >= 11 is 0. The predicted octanol–water partition coefficient (Wildman–Crippen LogP) is 6.34. The molecule has 4 rings (SSSR count). The lowest BCUT2D eigenvalue weighted by atomic mass is 9.76. The lowest BCUT2D eigenvalue weighted by Crippen LogP contribution is -2.54. The zero-order valence-corrected chi connectivity index (χ0v) is 32.0. The Balaban J connectivity index is 1.68. The Morgan fingerprint density at radius 2 is 0.717 bits per heavy atom. The Hall–Kier alpha value is -5.06. The second kappa shape index (κ2) is 18.1. The van der Waals surface area contributed by atoms with E-state index < -0.39 is 41.5 Å². The van der Waals surface area contributed by atoms with Crippen molar-refractivity contribution >= 4 is 11.8 Å². The van der Waals surface area contributed by atoms with Crippen LogP contribution in [0.4, 0.5) is 0 Å². The minimum Gasteiger partial charge on any atom is -0.497 e. The van der Waals surface area contributed by atoms with Crippen LogP contribution in [0, 0.1) is 11.8 Å². The number of amides is 2. The van der Waals surface area contributed by atoms with E-state index in [9.17, 15) is 19.8 Å². The van der Waals surface area contributed by atoms with Crippen LogP contribution in [0.1, 0.15) is 69.2 Å². The quantitative estimate of drug-likeness (QED) is 0.0873. The van der Waals surface area contributed by atoms with Crippen LogP contribution in [0.2, 0.25) is 0 Å². The van der Waals surface area contributed by atoms with Crippen LogP contribution in [0.25, 0.3) is 0 Å². The van der Waals surface area contributed by atoms with Gasteiger partial charge in [-0.25, -0.2) is 0 Å². The maximum atomic E-state index is 13.9. The summed E-state index contributed by atoms with van der Waals surface area (Å²) in [5, 5.41) is 31.4. The van der Waals surface area contributed by atoms with Crippen molar-refractivity contribution in [1.29, 1.82) is 0 Å². The van der Waals surface area contributed by atoms with Gasteiger partial charge in [0.05, 0.1) is 40.5 Å². The van der Waals surface area contributed by atoms with Crippen molar-refractivity contribution < 1.29 is 38.7 Å². The van der Waals surface area contributed by atoms with Gasteiger partial charge in [-0.05, 0) is 95.5 Å². The standard InChI is InChI=1S/C43H54N2O8/c1-28(2)25-38(42(48,30-9-17-34(50-5)18-10-30)31-11-19-35(51-6)20-12-31)44-40(46)27-41(47)45-39(26-29(3)4)43(49,32-13-21-36(52-7)22-14-32)33-15-23-37(53-8)24-16-33/h9-24,28-29,38-39,48-49H,25-27H2,1-8H3,(H,44,46)(H,45,47). The summed E-state index contributed by atoms with van der Waals surface area (Å²) in [6, 6.07) is 26.6. The Labute approximate surface area is 313 Å². The van der Waals surface area contributed by atoms with Gasteiger partial charge in [-0.1, -0.05) is 76.2 Å². The van der Waals surface area contributed by atoms with Gasteiger partial charge in [0.1, 0.15) is 40.6 Å². The monoisotopic (exact) mass is 726 g/mol. The largest absolute Gasteiger partial charge is 0.497 e. The summed E-state index contributed by atoms with van der Waals surface area (Å²) in [4.78, 5) is 27.8. The molecule has 10 heteroatoms. The average molecular weight is 727 g/mol. The van der Waals surface area contributed by atoms with E-state index in [2.05, 4.69) is 10.6 Å². The highest BCUT2D eigenvalue weighted by Crippen LogP contribution is 2.39. The maximum Gasteiger partial charge on any atom is 0.229 e. The summed E-state index contributed by atoms with van der Waals surface area (Å²) < 4.78 is 21.5. The first kappa shape index (κ1) is 40.7. The van der Waals surface area contributed by atoms with Crippen molar-refractivity contribution in [2.24, 2.45) is 11.8 Å². The molecule has 4 aromatic rings. The molecular formula is C43H54N2O8. The normalized spacial score (nSPS) is 12.9. The molecule has 0 aliphatic heterocycles. The summed E-state index contributed by atoms with van der Waals surface area (Å²) in [5.74, 6) is 1.45. The Morgan fingerprint density at radius 1 is 0.491 bits per heavy atom. The van der Waals surface area contributed by atoms with Gasteiger partial charge < -0.3 is 39.8 Å². The number of carbonyl (C=O) groups is 2. The van der Waals surface area contributed by atoms with Crippen LogP contribution < -0.4 is 29.6 Å². The Bertz CT molecular complexity index is 1530. The fourth-order valence-electron chi connectivity index (χ4n) is 6.77. The third kappa shape index (κ3) is 9.68. The van der Waals surface area contributed by atoms with Crippen molar-refractivity contribution in [3.63, 3.8) is 0 Å². The fourth-order valence-corrected chi connectivity index (χ4v) is 6.77. The van der Waals surface area contributed by atoms with Crippen molar-refractivity contribution in [3.8, 4) is 23.0 Å². The van der Waals surface area contributed by atoms with E-state index in [4.69, 9.17) is 18.9 Å².